The van der Waals surface area contributed by atoms with Crippen LogP contribution < -0.4 is 10.5 Å². The first kappa shape index (κ1) is 10.2. The highest BCUT2D eigenvalue weighted by Gasteiger charge is 2.19. The monoisotopic (exact) mass is 209 g/mol. The van der Waals surface area contributed by atoms with Crippen LogP contribution in [0.5, 0.6) is 0 Å². The molecule has 1 unspecified atom stereocenters. The molecular weight excluding hydrogens is 194 g/mol. The Labute approximate surface area is 88.1 Å². The summed E-state index contributed by atoms with van der Waals surface area (Å²) in [4.78, 5) is 19.9. The van der Waals surface area contributed by atoms with E-state index in [4.69, 9.17) is 4.74 Å². The Morgan fingerprint density at radius 1 is 1.73 bits per heavy atom. The fourth-order valence-electron chi connectivity index (χ4n) is 1.71. The zero-order valence-corrected chi connectivity index (χ0v) is 8.77. The fourth-order valence-corrected chi connectivity index (χ4v) is 1.71. The Morgan fingerprint density at radius 2 is 2.60 bits per heavy atom. The van der Waals surface area contributed by atoms with Gasteiger partial charge < -0.3 is 14.6 Å². The number of H-pyrrole nitrogens is 1. The first-order chi connectivity index (χ1) is 7.29. The number of hydrogen-bond donors (Lipinski definition) is 1. The Balaban J connectivity index is 2.13. The average Bonchev–Trinajstić information content (AvgIpc) is 2.29. The zero-order chi connectivity index (χ0) is 10.7. The third kappa shape index (κ3) is 2.36. The molecule has 15 heavy (non-hydrogen) atoms. The van der Waals surface area contributed by atoms with Crippen molar-refractivity contribution in [2.45, 2.75) is 19.4 Å². The number of nitrogens with zero attached hydrogens (tertiary/aromatic N) is 2. The molecule has 2 rings (SSSR count). The van der Waals surface area contributed by atoms with Gasteiger partial charge in [-0.3, -0.25) is 4.79 Å². The Kier molecular flexibility index (Phi) is 3.01. The molecule has 82 valence electrons. The predicted molar refractivity (Wildman–Crippen MR) is 57.1 cm³/mol. The molecule has 1 aliphatic rings. The van der Waals surface area contributed by atoms with Crippen molar-refractivity contribution < 1.29 is 4.74 Å². The highest BCUT2D eigenvalue weighted by molar-refractivity contribution is 5.36. The van der Waals surface area contributed by atoms with Gasteiger partial charge in [0.1, 0.15) is 5.82 Å². The molecule has 0 bridgehead atoms. The minimum Gasteiger partial charge on any atom is -0.375 e. The number of aromatic nitrogens is 2. The first-order valence-electron chi connectivity index (χ1n) is 5.21. The number of rotatable bonds is 2. The highest BCUT2D eigenvalue weighted by Crippen LogP contribution is 2.14. The topological polar surface area (TPSA) is 58.2 Å². The Morgan fingerprint density at radius 3 is 3.33 bits per heavy atom. The molecular formula is C10H15N3O2. The lowest BCUT2D eigenvalue weighted by atomic mass is 10.2. The summed E-state index contributed by atoms with van der Waals surface area (Å²) in [6.45, 7) is 4.41. The van der Waals surface area contributed by atoms with Gasteiger partial charge in [-0.15, -0.1) is 0 Å². The van der Waals surface area contributed by atoms with E-state index in [2.05, 4.69) is 21.8 Å². The molecule has 0 aromatic carbocycles. The van der Waals surface area contributed by atoms with E-state index in [0.29, 0.717) is 6.61 Å². The van der Waals surface area contributed by atoms with Gasteiger partial charge >= 0.3 is 0 Å². The molecule has 0 radical (unpaired) electrons. The number of hydrogen-bond acceptors (Lipinski definition) is 4. The standard InChI is InChI=1S/C10H15N3O2/c1-2-8-6-13(3-4-15-8)9-5-10(14)12-7-11-9/h5,7-8H,2-4,6H2,1H3,(H,11,12,14). The van der Waals surface area contributed by atoms with Gasteiger partial charge in [0.15, 0.2) is 0 Å². The molecule has 1 N–H and O–H groups in total. The largest absolute Gasteiger partial charge is 0.375 e. The average molecular weight is 209 g/mol. The van der Waals surface area contributed by atoms with Crippen LogP contribution in [0, 0.1) is 0 Å². The van der Waals surface area contributed by atoms with E-state index in [9.17, 15) is 4.79 Å². The number of ether oxygens (including phenoxy) is 1. The van der Waals surface area contributed by atoms with Gasteiger partial charge in [0.05, 0.1) is 19.0 Å². The van der Waals surface area contributed by atoms with E-state index in [0.717, 1.165) is 25.3 Å². The summed E-state index contributed by atoms with van der Waals surface area (Å²) >= 11 is 0. The van der Waals surface area contributed by atoms with Gasteiger partial charge in [-0.1, -0.05) is 6.92 Å². The van der Waals surface area contributed by atoms with Crippen molar-refractivity contribution >= 4 is 5.82 Å². The van der Waals surface area contributed by atoms with E-state index in [1.165, 1.54) is 12.4 Å². The molecule has 0 saturated carbocycles. The molecule has 2 heterocycles. The smallest absolute Gasteiger partial charge is 0.252 e. The molecule has 1 aromatic rings. The second-order valence-corrected chi connectivity index (χ2v) is 3.62. The normalized spacial score (nSPS) is 21.7. The van der Waals surface area contributed by atoms with Gasteiger partial charge in [-0.2, -0.15) is 0 Å². The van der Waals surface area contributed by atoms with Gasteiger partial charge in [-0.25, -0.2) is 4.98 Å². The second-order valence-electron chi connectivity index (χ2n) is 3.62. The van der Waals surface area contributed by atoms with Gasteiger partial charge in [0.25, 0.3) is 5.56 Å². The van der Waals surface area contributed by atoms with E-state index >= 15 is 0 Å². The van der Waals surface area contributed by atoms with Crippen molar-refractivity contribution in [3.05, 3.63) is 22.7 Å². The summed E-state index contributed by atoms with van der Waals surface area (Å²) < 4.78 is 5.55. The maximum Gasteiger partial charge on any atom is 0.252 e. The number of anilines is 1. The van der Waals surface area contributed by atoms with Crippen LogP contribution in [0.4, 0.5) is 5.82 Å². The molecule has 1 aromatic heterocycles. The minimum absolute atomic E-state index is 0.112. The molecule has 5 nitrogen and oxygen atoms in total. The first-order valence-corrected chi connectivity index (χ1v) is 5.21. The molecule has 0 aliphatic carbocycles. The van der Waals surface area contributed by atoms with Crippen molar-refractivity contribution in [2.75, 3.05) is 24.6 Å². The van der Waals surface area contributed by atoms with Crippen molar-refractivity contribution in [2.24, 2.45) is 0 Å². The zero-order valence-electron chi connectivity index (χ0n) is 8.77. The highest BCUT2D eigenvalue weighted by atomic mass is 16.5. The lowest BCUT2D eigenvalue weighted by Crippen LogP contribution is -2.42. The van der Waals surface area contributed by atoms with Crippen molar-refractivity contribution in [3.63, 3.8) is 0 Å². The Bertz CT molecular complexity index is 377. The van der Waals surface area contributed by atoms with Crippen LogP contribution in [0.1, 0.15) is 13.3 Å². The third-order valence-electron chi connectivity index (χ3n) is 2.58. The summed E-state index contributed by atoms with van der Waals surface area (Å²) in [5, 5.41) is 0. The molecule has 0 amide bonds. The van der Waals surface area contributed by atoms with E-state index < -0.39 is 0 Å². The maximum absolute atomic E-state index is 11.1. The van der Waals surface area contributed by atoms with Crippen LogP contribution in [0.2, 0.25) is 0 Å². The molecule has 5 heteroatoms. The van der Waals surface area contributed by atoms with Crippen LogP contribution in [-0.2, 0) is 4.74 Å². The number of morpholine rings is 1. The Hall–Kier alpha value is -1.36. The summed E-state index contributed by atoms with van der Waals surface area (Å²) in [6.07, 6.45) is 2.67. The van der Waals surface area contributed by atoms with E-state index in [-0.39, 0.29) is 11.7 Å². The molecule has 1 saturated heterocycles. The summed E-state index contributed by atoms with van der Waals surface area (Å²) in [7, 11) is 0. The summed E-state index contributed by atoms with van der Waals surface area (Å²) in [5.41, 5.74) is -0.112. The molecule has 1 fully saturated rings. The second kappa shape index (κ2) is 4.44. The predicted octanol–water partition coefficient (Wildman–Crippen LogP) is 0.385. The van der Waals surface area contributed by atoms with Crippen LogP contribution in [0.25, 0.3) is 0 Å². The number of nitrogens with one attached hydrogen (secondary N) is 1. The molecule has 1 aliphatic heterocycles. The van der Waals surface area contributed by atoms with Crippen LogP contribution >= 0.6 is 0 Å². The van der Waals surface area contributed by atoms with Crippen molar-refractivity contribution in [1.82, 2.24) is 9.97 Å². The fraction of sp³-hybridized carbons (Fsp3) is 0.600. The lowest BCUT2D eigenvalue weighted by Gasteiger charge is -2.33. The minimum atomic E-state index is -0.112. The van der Waals surface area contributed by atoms with Gasteiger partial charge in [0.2, 0.25) is 0 Å². The quantitative estimate of drug-likeness (QED) is 0.765. The van der Waals surface area contributed by atoms with Crippen LogP contribution in [0.3, 0.4) is 0 Å². The maximum atomic E-state index is 11.1. The number of aromatic amines is 1. The summed E-state index contributed by atoms with van der Waals surface area (Å²) in [6, 6.07) is 1.53. The van der Waals surface area contributed by atoms with Gasteiger partial charge in [-0.05, 0) is 6.42 Å². The van der Waals surface area contributed by atoms with E-state index in [1.807, 2.05) is 0 Å². The molecule has 0 spiro atoms. The van der Waals surface area contributed by atoms with Gasteiger partial charge in [0, 0.05) is 19.2 Å². The lowest BCUT2D eigenvalue weighted by molar-refractivity contribution is 0.0381. The van der Waals surface area contributed by atoms with Crippen molar-refractivity contribution in [3.8, 4) is 0 Å². The van der Waals surface area contributed by atoms with Crippen LogP contribution in [0.15, 0.2) is 17.2 Å². The SMILES string of the molecule is CCC1CN(c2cc(=O)[nH]cn2)CCO1. The molecule has 1 atom stereocenters. The van der Waals surface area contributed by atoms with Crippen molar-refractivity contribution in [1.29, 1.82) is 0 Å². The van der Waals surface area contributed by atoms with Crippen LogP contribution in [-0.4, -0.2) is 35.8 Å². The van der Waals surface area contributed by atoms with E-state index in [1.54, 1.807) is 0 Å². The summed E-state index contributed by atoms with van der Waals surface area (Å²) in [5.74, 6) is 0.737. The third-order valence-corrected chi connectivity index (χ3v) is 2.58.